The lowest BCUT2D eigenvalue weighted by Gasteiger charge is -2.12. The number of halogens is 1. The van der Waals surface area contributed by atoms with Crippen molar-refractivity contribution in [1.29, 1.82) is 0 Å². The Morgan fingerprint density at radius 2 is 1.70 bits per heavy atom. The minimum absolute atomic E-state index is 0.197. The molecule has 27 heavy (non-hydrogen) atoms. The summed E-state index contributed by atoms with van der Waals surface area (Å²) in [4.78, 5) is 20.6. The summed E-state index contributed by atoms with van der Waals surface area (Å²) in [5, 5.41) is 6.57. The van der Waals surface area contributed by atoms with E-state index < -0.39 is 0 Å². The molecule has 2 aromatic carbocycles. The normalized spacial score (nSPS) is 10.3. The monoisotopic (exact) mass is 382 g/mol. The zero-order valence-electron chi connectivity index (χ0n) is 14.6. The fraction of sp³-hybridized carbons (Fsp3) is 0.150. The van der Waals surface area contributed by atoms with Gasteiger partial charge in [0.1, 0.15) is 12.4 Å². The van der Waals surface area contributed by atoms with Crippen molar-refractivity contribution in [2.24, 2.45) is 0 Å². The Kier molecular flexibility index (Phi) is 6.60. The second-order valence-electron chi connectivity index (χ2n) is 5.67. The third kappa shape index (κ3) is 5.69. The number of ether oxygens (including phenoxy) is 1. The molecule has 3 rings (SSSR count). The summed E-state index contributed by atoms with van der Waals surface area (Å²) in [7, 11) is 0. The van der Waals surface area contributed by atoms with Crippen molar-refractivity contribution in [3.63, 3.8) is 0 Å². The molecule has 1 heterocycles. The topological polar surface area (TPSA) is 76.1 Å². The Bertz CT molecular complexity index is 873. The number of benzene rings is 2. The van der Waals surface area contributed by atoms with Crippen molar-refractivity contribution in [1.82, 2.24) is 15.3 Å². The van der Waals surface area contributed by atoms with Crippen LogP contribution in [0.3, 0.4) is 0 Å². The molecule has 0 spiro atoms. The van der Waals surface area contributed by atoms with Crippen LogP contribution in [0.2, 0.25) is 5.02 Å². The van der Waals surface area contributed by atoms with E-state index in [2.05, 4.69) is 20.6 Å². The van der Waals surface area contributed by atoms with Gasteiger partial charge in [0.2, 0.25) is 5.95 Å². The van der Waals surface area contributed by atoms with Crippen LogP contribution in [0, 0.1) is 0 Å². The van der Waals surface area contributed by atoms with E-state index in [9.17, 15) is 4.79 Å². The highest BCUT2D eigenvalue weighted by atomic mass is 35.5. The van der Waals surface area contributed by atoms with Gasteiger partial charge in [-0.05, 0) is 35.9 Å². The highest BCUT2D eigenvalue weighted by Crippen LogP contribution is 2.20. The lowest BCUT2D eigenvalue weighted by Crippen LogP contribution is -2.29. The van der Waals surface area contributed by atoms with Crippen molar-refractivity contribution in [2.45, 2.75) is 6.61 Å². The van der Waals surface area contributed by atoms with Crippen molar-refractivity contribution in [2.75, 3.05) is 18.4 Å². The number of nitrogens with zero attached hydrogens (tertiary/aromatic N) is 2. The van der Waals surface area contributed by atoms with Crippen LogP contribution in [0.15, 0.2) is 67.0 Å². The average molecular weight is 383 g/mol. The van der Waals surface area contributed by atoms with Crippen molar-refractivity contribution >= 4 is 23.5 Å². The maximum absolute atomic E-state index is 12.5. The first-order chi connectivity index (χ1) is 13.2. The summed E-state index contributed by atoms with van der Waals surface area (Å²) >= 11 is 5.89. The average Bonchev–Trinajstić information content (AvgIpc) is 2.71. The number of para-hydroxylation sites is 1. The Balaban J connectivity index is 1.52. The largest absolute Gasteiger partial charge is 0.488 e. The Morgan fingerprint density at radius 3 is 2.48 bits per heavy atom. The summed E-state index contributed by atoms with van der Waals surface area (Å²) in [6.07, 6.45) is 3.31. The number of aromatic nitrogens is 2. The standard InChI is InChI=1S/C20H19ClN4O2/c21-16-8-6-15(7-9-16)14-27-18-5-2-1-4-17(18)19(26)22-12-13-25-20-23-10-3-11-24-20/h1-11H,12-14H2,(H,22,26)(H,23,24,25). The first-order valence-electron chi connectivity index (χ1n) is 8.48. The number of amides is 1. The van der Waals surface area contributed by atoms with Crippen LogP contribution in [0.5, 0.6) is 5.75 Å². The van der Waals surface area contributed by atoms with Crippen LogP contribution >= 0.6 is 11.6 Å². The van der Waals surface area contributed by atoms with Gasteiger partial charge < -0.3 is 15.4 Å². The molecule has 0 saturated heterocycles. The van der Waals surface area contributed by atoms with Gasteiger partial charge in [-0.3, -0.25) is 4.79 Å². The van der Waals surface area contributed by atoms with Crippen LogP contribution in [0.25, 0.3) is 0 Å². The predicted molar refractivity (Wildman–Crippen MR) is 105 cm³/mol. The first-order valence-corrected chi connectivity index (χ1v) is 8.85. The molecule has 0 aliphatic carbocycles. The minimum atomic E-state index is -0.197. The van der Waals surface area contributed by atoms with Crippen molar-refractivity contribution in [3.8, 4) is 5.75 Å². The minimum Gasteiger partial charge on any atom is -0.488 e. The van der Waals surface area contributed by atoms with E-state index in [1.807, 2.05) is 30.3 Å². The van der Waals surface area contributed by atoms with Crippen molar-refractivity contribution < 1.29 is 9.53 Å². The number of hydrogen-bond donors (Lipinski definition) is 2. The molecule has 138 valence electrons. The second kappa shape index (κ2) is 9.54. The molecule has 0 unspecified atom stereocenters. The lowest BCUT2D eigenvalue weighted by atomic mass is 10.2. The van der Waals surface area contributed by atoms with E-state index in [0.717, 1.165) is 5.56 Å². The highest BCUT2D eigenvalue weighted by Gasteiger charge is 2.11. The van der Waals surface area contributed by atoms with E-state index in [-0.39, 0.29) is 5.91 Å². The Hall–Kier alpha value is -3.12. The summed E-state index contributed by atoms with van der Waals surface area (Å²) in [5.41, 5.74) is 1.46. The zero-order valence-corrected chi connectivity index (χ0v) is 15.3. The summed E-state index contributed by atoms with van der Waals surface area (Å²) < 4.78 is 5.82. The SMILES string of the molecule is O=C(NCCNc1ncccn1)c1ccccc1OCc1ccc(Cl)cc1. The highest BCUT2D eigenvalue weighted by molar-refractivity contribution is 6.30. The van der Waals surface area contributed by atoms with Gasteiger partial charge in [-0.1, -0.05) is 35.9 Å². The molecule has 0 atom stereocenters. The van der Waals surface area contributed by atoms with E-state index in [1.54, 1.807) is 36.7 Å². The van der Waals surface area contributed by atoms with Crippen LogP contribution in [-0.2, 0) is 6.61 Å². The maximum Gasteiger partial charge on any atom is 0.255 e. The third-order valence-corrected chi connectivity index (χ3v) is 3.95. The quantitative estimate of drug-likeness (QED) is 0.583. The van der Waals surface area contributed by atoms with Gasteiger partial charge in [0, 0.05) is 30.5 Å². The van der Waals surface area contributed by atoms with E-state index in [0.29, 0.717) is 42.0 Å². The summed E-state index contributed by atoms with van der Waals surface area (Å²) in [6, 6.07) is 16.3. The molecule has 7 heteroatoms. The van der Waals surface area contributed by atoms with E-state index in [1.165, 1.54) is 0 Å². The third-order valence-electron chi connectivity index (χ3n) is 3.70. The molecule has 0 saturated carbocycles. The second-order valence-corrected chi connectivity index (χ2v) is 6.10. The molecular weight excluding hydrogens is 364 g/mol. The Morgan fingerprint density at radius 1 is 0.963 bits per heavy atom. The van der Waals surface area contributed by atoms with Gasteiger partial charge in [-0.15, -0.1) is 0 Å². The molecule has 0 fully saturated rings. The lowest BCUT2D eigenvalue weighted by molar-refractivity contribution is 0.0950. The predicted octanol–water partition coefficient (Wildman–Crippen LogP) is 3.55. The van der Waals surface area contributed by atoms with Gasteiger partial charge >= 0.3 is 0 Å². The smallest absolute Gasteiger partial charge is 0.255 e. The number of anilines is 1. The van der Waals surface area contributed by atoms with Crippen LogP contribution < -0.4 is 15.4 Å². The molecular formula is C20H19ClN4O2. The molecule has 3 aromatic rings. The summed E-state index contributed by atoms with van der Waals surface area (Å²) in [6.45, 7) is 1.31. The molecule has 0 aliphatic rings. The maximum atomic E-state index is 12.5. The molecule has 1 aromatic heterocycles. The molecule has 0 aliphatic heterocycles. The Labute approximate surface area is 162 Å². The summed E-state index contributed by atoms with van der Waals surface area (Å²) in [5.74, 6) is 0.861. The van der Waals surface area contributed by atoms with Crippen LogP contribution in [0.1, 0.15) is 15.9 Å². The van der Waals surface area contributed by atoms with E-state index in [4.69, 9.17) is 16.3 Å². The number of nitrogens with one attached hydrogen (secondary N) is 2. The number of hydrogen-bond acceptors (Lipinski definition) is 5. The molecule has 0 radical (unpaired) electrons. The number of carbonyl (C=O) groups is 1. The molecule has 6 nitrogen and oxygen atoms in total. The number of carbonyl (C=O) groups excluding carboxylic acids is 1. The molecule has 0 bridgehead atoms. The van der Waals surface area contributed by atoms with Gasteiger partial charge in [-0.25, -0.2) is 9.97 Å². The molecule has 1 amide bonds. The number of rotatable bonds is 8. The van der Waals surface area contributed by atoms with E-state index >= 15 is 0 Å². The van der Waals surface area contributed by atoms with Gasteiger partial charge in [0.15, 0.2) is 0 Å². The van der Waals surface area contributed by atoms with Gasteiger partial charge in [0.05, 0.1) is 5.56 Å². The fourth-order valence-corrected chi connectivity index (χ4v) is 2.48. The first kappa shape index (κ1) is 18.7. The van der Waals surface area contributed by atoms with Gasteiger partial charge in [-0.2, -0.15) is 0 Å². The van der Waals surface area contributed by atoms with Gasteiger partial charge in [0.25, 0.3) is 5.91 Å². The molecule has 2 N–H and O–H groups in total. The van der Waals surface area contributed by atoms with Crippen LogP contribution in [-0.4, -0.2) is 29.0 Å². The van der Waals surface area contributed by atoms with Crippen molar-refractivity contribution in [3.05, 3.63) is 83.1 Å². The fourth-order valence-electron chi connectivity index (χ4n) is 2.36. The van der Waals surface area contributed by atoms with Crippen LogP contribution in [0.4, 0.5) is 5.95 Å². The zero-order chi connectivity index (χ0) is 18.9.